The third kappa shape index (κ3) is 6.52. The molecule has 33 heavy (non-hydrogen) atoms. The van der Waals surface area contributed by atoms with E-state index in [1.807, 2.05) is 0 Å². The van der Waals surface area contributed by atoms with E-state index in [1.54, 1.807) is 18.2 Å². The van der Waals surface area contributed by atoms with Crippen molar-refractivity contribution in [2.75, 3.05) is 5.32 Å². The molecule has 0 spiro atoms. The molecule has 0 bridgehead atoms. The minimum absolute atomic E-state index is 0.00759. The Morgan fingerprint density at radius 3 is 2.33 bits per heavy atom. The molecule has 3 rings (SSSR count). The Labute approximate surface area is 190 Å². The number of rotatable bonds is 7. The molecule has 1 saturated carbocycles. The number of nitrogens with one attached hydrogen (secondary N) is 3. The molecule has 1 fully saturated rings. The number of hydrazine groups is 1. The Morgan fingerprint density at radius 2 is 1.67 bits per heavy atom. The van der Waals surface area contributed by atoms with E-state index in [1.165, 1.54) is 43.7 Å². The highest BCUT2D eigenvalue weighted by molar-refractivity contribution is 5.97. The molecule has 1 aliphatic rings. The molecule has 2 aromatic carbocycles. The molecule has 0 aliphatic heterocycles. The smallest absolute Gasteiger partial charge is 0.310 e. The minimum atomic E-state index is -1.09. The highest BCUT2D eigenvalue weighted by Gasteiger charge is 2.22. The van der Waals surface area contributed by atoms with E-state index in [2.05, 4.69) is 16.2 Å². The number of nitro groups is 1. The molecule has 0 heterocycles. The van der Waals surface area contributed by atoms with Crippen molar-refractivity contribution in [2.24, 2.45) is 5.92 Å². The van der Waals surface area contributed by atoms with Crippen LogP contribution in [-0.2, 0) is 9.59 Å². The van der Waals surface area contributed by atoms with Gasteiger partial charge in [0.25, 0.3) is 11.8 Å². The molecule has 3 N–H and O–H groups in total. The first-order valence-electron chi connectivity index (χ1n) is 10.8. The SMILES string of the molecule is CC(Oc1ccccc1[N+](=O)[O-])C(=O)NNC(=O)c1ccc(NC(=O)C2CCCCC2)cc1. The van der Waals surface area contributed by atoms with Crippen LogP contribution >= 0.6 is 0 Å². The molecular weight excluding hydrogens is 428 g/mol. The van der Waals surface area contributed by atoms with Gasteiger partial charge in [-0.15, -0.1) is 0 Å². The van der Waals surface area contributed by atoms with Crippen LogP contribution in [0.3, 0.4) is 0 Å². The van der Waals surface area contributed by atoms with Gasteiger partial charge in [-0.2, -0.15) is 0 Å². The zero-order chi connectivity index (χ0) is 23.8. The number of nitro benzene ring substituents is 1. The maximum Gasteiger partial charge on any atom is 0.310 e. The predicted molar refractivity (Wildman–Crippen MR) is 120 cm³/mol. The van der Waals surface area contributed by atoms with Crippen molar-refractivity contribution in [3.63, 3.8) is 0 Å². The van der Waals surface area contributed by atoms with E-state index in [4.69, 9.17) is 4.74 Å². The second-order valence-electron chi connectivity index (χ2n) is 7.83. The van der Waals surface area contributed by atoms with Gasteiger partial charge in [0.2, 0.25) is 5.91 Å². The topological polar surface area (TPSA) is 140 Å². The molecule has 3 amide bonds. The van der Waals surface area contributed by atoms with Gasteiger partial charge in [-0.05, 0) is 50.1 Å². The summed E-state index contributed by atoms with van der Waals surface area (Å²) in [4.78, 5) is 47.3. The summed E-state index contributed by atoms with van der Waals surface area (Å²) < 4.78 is 5.36. The van der Waals surface area contributed by atoms with Gasteiger partial charge in [-0.25, -0.2) is 0 Å². The number of para-hydroxylation sites is 2. The van der Waals surface area contributed by atoms with E-state index in [9.17, 15) is 24.5 Å². The van der Waals surface area contributed by atoms with Crippen LogP contribution in [0, 0.1) is 16.0 Å². The predicted octanol–water partition coefficient (Wildman–Crippen LogP) is 3.34. The third-order valence-corrected chi connectivity index (χ3v) is 5.42. The van der Waals surface area contributed by atoms with Crippen molar-refractivity contribution in [3.8, 4) is 5.75 Å². The second-order valence-corrected chi connectivity index (χ2v) is 7.83. The molecule has 2 aromatic rings. The van der Waals surface area contributed by atoms with Crippen LogP contribution in [-0.4, -0.2) is 28.7 Å². The largest absolute Gasteiger partial charge is 0.474 e. The molecular formula is C23H26N4O6. The van der Waals surface area contributed by atoms with Crippen molar-refractivity contribution in [2.45, 2.75) is 45.1 Å². The summed E-state index contributed by atoms with van der Waals surface area (Å²) in [6, 6.07) is 12.0. The molecule has 10 heteroatoms. The van der Waals surface area contributed by atoms with E-state index >= 15 is 0 Å². The molecule has 0 radical (unpaired) electrons. The molecule has 0 aromatic heterocycles. The van der Waals surface area contributed by atoms with Crippen molar-refractivity contribution in [1.82, 2.24) is 10.9 Å². The van der Waals surface area contributed by atoms with Crippen LogP contribution in [0.15, 0.2) is 48.5 Å². The number of ether oxygens (including phenoxy) is 1. The quantitative estimate of drug-likeness (QED) is 0.433. The zero-order valence-electron chi connectivity index (χ0n) is 18.2. The second kappa shape index (κ2) is 11.1. The standard InChI is InChI=1S/C23H26N4O6/c1-15(33-20-10-6-5-9-19(20)27(31)32)21(28)25-26-23(30)17-11-13-18(14-12-17)24-22(29)16-7-3-2-4-8-16/h5-6,9-16H,2-4,7-8H2,1H3,(H,24,29)(H,25,28)(H,26,30). The average Bonchev–Trinajstić information content (AvgIpc) is 2.83. The molecule has 1 atom stereocenters. The lowest BCUT2D eigenvalue weighted by Crippen LogP contribution is -2.47. The average molecular weight is 454 g/mol. The summed E-state index contributed by atoms with van der Waals surface area (Å²) in [6.07, 6.45) is 3.99. The number of anilines is 1. The van der Waals surface area contributed by atoms with Crippen molar-refractivity contribution >= 4 is 29.1 Å². The molecule has 10 nitrogen and oxygen atoms in total. The number of carbonyl (C=O) groups is 3. The van der Waals surface area contributed by atoms with E-state index in [-0.39, 0.29) is 28.8 Å². The Bertz CT molecular complexity index is 1020. The van der Waals surface area contributed by atoms with Gasteiger partial charge in [0.15, 0.2) is 11.9 Å². The summed E-state index contributed by atoms with van der Waals surface area (Å²) in [5.74, 6) is -1.28. The monoisotopic (exact) mass is 454 g/mol. The number of benzene rings is 2. The molecule has 174 valence electrons. The number of hydrogen-bond acceptors (Lipinski definition) is 6. The van der Waals surface area contributed by atoms with Crippen molar-refractivity contribution < 1.29 is 24.0 Å². The highest BCUT2D eigenvalue weighted by Crippen LogP contribution is 2.27. The lowest BCUT2D eigenvalue weighted by Gasteiger charge is -2.20. The first-order chi connectivity index (χ1) is 15.8. The molecule has 1 aliphatic carbocycles. The maximum atomic E-state index is 12.3. The van der Waals surface area contributed by atoms with E-state index < -0.39 is 22.8 Å². The lowest BCUT2D eigenvalue weighted by molar-refractivity contribution is -0.386. The first kappa shape index (κ1) is 23.7. The van der Waals surface area contributed by atoms with Crippen LogP contribution in [0.25, 0.3) is 0 Å². The Morgan fingerprint density at radius 1 is 1.00 bits per heavy atom. The van der Waals surface area contributed by atoms with Gasteiger partial charge in [0.1, 0.15) is 0 Å². The summed E-state index contributed by atoms with van der Waals surface area (Å²) in [7, 11) is 0. The first-order valence-corrected chi connectivity index (χ1v) is 10.8. The van der Waals surface area contributed by atoms with Crippen LogP contribution in [0.1, 0.15) is 49.4 Å². The fourth-order valence-corrected chi connectivity index (χ4v) is 3.56. The number of carbonyl (C=O) groups excluding carboxylic acids is 3. The van der Waals surface area contributed by atoms with Crippen LogP contribution in [0.4, 0.5) is 11.4 Å². The van der Waals surface area contributed by atoms with Gasteiger partial charge < -0.3 is 10.1 Å². The van der Waals surface area contributed by atoms with Gasteiger partial charge >= 0.3 is 5.69 Å². The fourth-order valence-electron chi connectivity index (χ4n) is 3.56. The third-order valence-electron chi connectivity index (χ3n) is 5.42. The van der Waals surface area contributed by atoms with Crippen LogP contribution in [0.2, 0.25) is 0 Å². The zero-order valence-corrected chi connectivity index (χ0v) is 18.2. The normalized spacial score (nSPS) is 14.6. The number of amides is 3. The lowest BCUT2D eigenvalue weighted by atomic mass is 9.88. The Hall–Kier alpha value is -3.95. The van der Waals surface area contributed by atoms with E-state index in [0.717, 1.165) is 25.7 Å². The Kier molecular flexibility index (Phi) is 7.96. The minimum Gasteiger partial charge on any atom is -0.474 e. The van der Waals surface area contributed by atoms with Crippen molar-refractivity contribution in [3.05, 3.63) is 64.2 Å². The summed E-state index contributed by atoms with van der Waals surface area (Å²) in [5.41, 5.74) is 5.12. The summed E-state index contributed by atoms with van der Waals surface area (Å²) in [6.45, 7) is 1.40. The van der Waals surface area contributed by atoms with Gasteiger partial charge in [-0.1, -0.05) is 31.4 Å². The van der Waals surface area contributed by atoms with Crippen LogP contribution < -0.4 is 20.9 Å². The highest BCUT2D eigenvalue weighted by atomic mass is 16.6. The number of hydrogen-bond donors (Lipinski definition) is 3. The summed E-state index contributed by atoms with van der Waals surface area (Å²) >= 11 is 0. The molecule has 1 unspecified atom stereocenters. The van der Waals surface area contributed by atoms with Crippen LogP contribution in [0.5, 0.6) is 5.75 Å². The van der Waals surface area contributed by atoms with Crippen molar-refractivity contribution in [1.29, 1.82) is 0 Å². The van der Waals surface area contributed by atoms with Gasteiger partial charge in [-0.3, -0.25) is 35.3 Å². The van der Waals surface area contributed by atoms with Gasteiger partial charge in [0.05, 0.1) is 4.92 Å². The van der Waals surface area contributed by atoms with Gasteiger partial charge in [0, 0.05) is 23.2 Å². The number of nitrogens with zero attached hydrogens (tertiary/aromatic N) is 1. The van der Waals surface area contributed by atoms with E-state index in [0.29, 0.717) is 5.69 Å². The Balaban J connectivity index is 1.49. The fraction of sp³-hybridized carbons (Fsp3) is 0.348. The maximum absolute atomic E-state index is 12.3. The molecule has 0 saturated heterocycles. The summed E-state index contributed by atoms with van der Waals surface area (Å²) in [5, 5.41) is 13.9.